The molecule has 19 heavy (non-hydrogen) atoms. The second-order valence-corrected chi connectivity index (χ2v) is 5.33. The first-order valence-electron chi connectivity index (χ1n) is 6.16. The van der Waals surface area contributed by atoms with Crippen molar-refractivity contribution in [1.29, 1.82) is 0 Å². The van der Waals surface area contributed by atoms with Gasteiger partial charge in [0, 0.05) is 24.7 Å². The Balaban J connectivity index is 2.15. The van der Waals surface area contributed by atoms with E-state index in [1.54, 1.807) is 6.07 Å². The van der Waals surface area contributed by atoms with E-state index in [0.717, 1.165) is 12.1 Å². The molecule has 1 saturated heterocycles. The molecule has 0 N–H and O–H groups in total. The van der Waals surface area contributed by atoms with Crippen molar-refractivity contribution < 1.29 is 14.1 Å². The van der Waals surface area contributed by atoms with Crippen LogP contribution in [-0.4, -0.2) is 35.1 Å². The smallest absolute Gasteiger partial charge is 0.304 e. The molecule has 0 spiro atoms. The SMILES string of the molecule is CC1(C)COCCN1Cc1ccc([N+](=O)[O-])c(F)c1. The number of rotatable bonds is 3. The van der Waals surface area contributed by atoms with Crippen molar-refractivity contribution in [3.8, 4) is 0 Å². The number of halogens is 1. The normalized spacial score (nSPS) is 19.3. The molecule has 1 aromatic rings. The summed E-state index contributed by atoms with van der Waals surface area (Å²) in [5.74, 6) is -0.784. The number of morpholine rings is 1. The number of benzene rings is 1. The summed E-state index contributed by atoms with van der Waals surface area (Å²) in [6.07, 6.45) is 0. The van der Waals surface area contributed by atoms with Gasteiger partial charge in [0.25, 0.3) is 0 Å². The molecule has 0 unspecified atom stereocenters. The van der Waals surface area contributed by atoms with Crippen LogP contribution in [0.25, 0.3) is 0 Å². The highest BCUT2D eigenvalue weighted by Gasteiger charge is 2.30. The second-order valence-electron chi connectivity index (χ2n) is 5.33. The first-order chi connectivity index (χ1) is 8.90. The monoisotopic (exact) mass is 268 g/mol. The third-order valence-corrected chi connectivity index (χ3v) is 3.40. The van der Waals surface area contributed by atoms with Gasteiger partial charge in [-0.1, -0.05) is 6.07 Å². The van der Waals surface area contributed by atoms with Crippen molar-refractivity contribution >= 4 is 5.69 Å². The van der Waals surface area contributed by atoms with Gasteiger partial charge in [-0.2, -0.15) is 4.39 Å². The zero-order chi connectivity index (χ0) is 14.0. The van der Waals surface area contributed by atoms with Crippen molar-refractivity contribution in [1.82, 2.24) is 4.90 Å². The molecular formula is C13H17FN2O3. The lowest BCUT2D eigenvalue weighted by atomic mass is 10.0. The van der Waals surface area contributed by atoms with Crippen molar-refractivity contribution in [3.63, 3.8) is 0 Å². The Bertz CT molecular complexity index is 491. The van der Waals surface area contributed by atoms with E-state index in [-0.39, 0.29) is 5.54 Å². The number of nitro benzene ring substituents is 1. The lowest BCUT2D eigenvalue weighted by Crippen LogP contribution is -2.52. The summed E-state index contributed by atoms with van der Waals surface area (Å²) in [6, 6.07) is 4.06. The van der Waals surface area contributed by atoms with E-state index in [1.807, 2.05) is 0 Å². The van der Waals surface area contributed by atoms with Gasteiger partial charge < -0.3 is 4.74 Å². The second kappa shape index (κ2) is 5.22. The van der Waals surface area contributed by atoms with Gasteiger partial charge in [-0.05, 0) is 25.5 Å². The van der Waals surface area contributed by atoms with Gasteiger partial charge in [-0.15, -0.1) is 0 Å². The van der Waals surface area contributed by atoms with Crippen LogP contribution in [0.3, 0.4) is 0 Å². The van der Waals surface area contributed by atoms with E-state index in [2.05, 4.69) is 18.7 Å². The van der Waals surface area contributed by atoms with Gasteiger partial charge in [0.1, 0.15) is 0 Å². The van der Waals surface area contributed by atoms with Crippen molar-refractivity contribution in [2.24, 2.45) is 0 Å². The van der Waals surface area contributed by atoms with Crippen LogP contribution in [-0.2, 0) is 11.3 Å². The Morgan fingerprint density at radius 2 is 2.26 bits per heavy atom. The van der Waals surface area contributed by atoms with Crippen LogP contribution in [0, 0.1) is 15.9 Å². The molecule has 0 atom stereocenters. The first kappa shape index (κ1) is 13.9. The molecule has 104 valence electrons. The third-order valence-electron chi connectivity index (χ3n) is 3.40. The fourth-order valence-corrected chi connectivity index (χ4v) is 2.20. The number of ether oxygens (including phenoxy) is 1. The van der Waals surface area contributed by atoms with Crippen LogP contribution in [0.2, 0.25) is 0 Å². The van der Waals surface area contributed by atoms with Crippen LogP contribution < -0.4 is 0 Å². The highest BCUT2D eigenvalue weighted by atomic mass is 19.1. The largest absolute Gasteiger partial charge is 0.378 e. The maximum Gasteiger partial charge on any atom is 0.304 e. The highest BCUT2D eigenvalue weighted by Crippen LogP contribution is 2.24. The molecule has 1 aliphatic rings. The van der Waals surface area contributed by atoms with Crippen LogP contribution >= 0.6 is 0 Å². The fourth-order valence-electron chi connectivity index (χ4n) is 2.20. The summed E-state index contributed by atoms with van der Waals surface area (Å²) in [6.45, 7) is 6.74. The van der Waals surface area contributed by atoms with Crippen molar-refractivity contribution in [3.05, 3.63) is 39.7 Å². The molecule has 1 aliphatic heterocycles. The molecule has 0 aliphatic carbocycles. The summed E-state index contributed by atoms with van der Waals surface area (Å²) in [4.78, 5) is 12.0. The Kier molecular flexibility index (Phi) is 3.82. The first-order valence-corrected chi connectivity index (χ1v) is 6.16. The van der Waals surface area contributed by atoms with Crippen LogP contribution in [0.5, 0.6) is 0 Å². The number of nitro groups is 1. The third kappa shape index (κ3) is 3.08. The van der Waals surface area contributed by atoms with Crippen LogP contribution in [0.15, 0.2) is 18.2 Å². The van der Waals surface area contributed by atoms with E-state index in [4.69, 9.17) is 4.74 Å². The Hall–Kier alpha value is -1.53. The molecule has 2 rings (SSSR count). The van der Waals surface area contributed by atoms with Gasteiger partial charge in [0.2, 0.25) is 5.82 Å². The number of nitrogens with zero attached hydrogens (tertiary/aromatic N) is 2. The van der Waals surface area contributed by atoms with Crippen LogP contribution in [0.1, 0.15) is 19.4 Å². The van der Waals surface area contributed by atoms with E-state index in [1.165, 1.54) is 12.1 Å². The lowest BCUT2D eigenvalue weighted by molar-refractivity contribution is -0.387. The maximum absolute atomic E-state index is 13.6. The molecule has 1 heterocycles. The van der Waals surface area contributed by atoms with Gasteiger partial charge in [0.15, 0.2) is 0 Å². The number of hydrogen-bond acceptors (Lipinski definition) is 4. The number of hydrogen-bond donors (Lipinski definition) is 0. The standard InChI is InChI=1S/C13H17FN2O3/c1-13(2)9-19-6-5-15(13)8-10-3-4-12(16(17)18)11(14)7-10/h3-4,7H,5-6,8-9H2,1-2H3. The maximum atomic E-state index is 13.6. The molecule has 1 fully saturated rings. The summed E-state index contributed by atoms with van der Waals surface area (Å²) in [7, 11) is 0. The summed E-state index contributed by atoms with van der Waals surface area (Å²) < 4.78 is 19.0. The minimum absolute atomic E-state index is 0.115. The van der Waals surface area contributed by atoms with Gasteiger partial charge in [-0.25, -0.2) is 0 Å². The van der Waals surface area contributed by atoms with E-state index < -0.39 is 16.4 Å². The molecule has 0 aromatic heterocycles. The zero-order valence-electron chi connectivity index (χ0n) is 11.1. The van der Waals surface area contributed by atoms with E-state index in [0.29, 0.717) is 19.8 Å². The summed E-state index contributed by atoms with van der Waals surface area (Å²) in [5.41, 5.74) is 0.138. The minimum Gasteiger partial charge on any atom is -0.378 e. The zero-order valence-corrected chi connectivity index (χ0v) is 11.1. The lowest BCUT2D eigenvalue weighted by Gasteiger charge is -2.42. The molecule has 6 heteroatoms. The summed E-state index contributed by atoms with van der Waals surface area (Å²) in [5, 5.41) is 10.6. The molecule has 0 amide bonds. The quantitative estimate of drug-likeness (QED) is 0.623. The van der Waals surface area contributed by atoms with Crippen LogP contribution in [0.4, 0.5) is 10.1 Å². The Morgan fingerprint density at radius 1 is 1.53 bits per heavy atom. The fraction of sp³-hybridized carbons (Fsp3) is 0.538. The van der Waals surface area contributed by atoms with Gasteiger partial charge >= 0.3 is 5.69 Å². The van der Waals surface area contributed by atoms with Gasteiger partial charge in [0.05, 0.1) is 18.1 Å². The molecule has 0 bridgehead atoms. The average Bonchev–Trinajstić information content (AvgIpc) is 2.31. The highest BCUT2D eigenvalue weighted by molar-refractivity contribution is 5.35. The summed E-state index contributed by atoms with van der Waals surface area (Å²) >= 11 is 0. The van der Waals surface area contributed by atoms with E-state index in [9.17, 15) is 14.5 Å². The molecule has 5 nitrogen and oxygen atoms in total. The predicted molar refractivity (Wildman–Crippen MR) is 68.4 cm³/mol. The Morgan fingerprint density at radius 3 is 2.84 bits per heavy atom. The molecule has 0 radical (unpaired) electrons. The molecule has 0 saturated carbocycles. The van der Waals surface area contributed by atoms with Gasteiger partial charge in [-0.3, -0.25) is 15.0 Å². The topological polar surface area (TPSA) is 55.6 Å². The molecule has 1 aromatic carbocycles. The Labute approximate surface area is 111 Å². The van der Waals surface area contributed by atoms with Crippen molar-refractivity contribution in [2.45, 2.75) is 25.9 Å². The minimum atomic E-state index is -0.784. The average molecular weight is 268 g/mol. The van der Waals surface area contributed by atoms with E-state index >= 15 is 0 Å². The van der Waals surface area contributed by atoms with Crippen molar-refractivity contribution in [2.75, 3.05) is 19.8 Å². The molecular weight excluding hydrogens is 251 g/mol. The predicted octanol–water partition coefficient (Wildman–Crippen LogP) is 2.34.